The molecule has 1 fully saturated rings. The van der Waals surface area contributed by atoms with E-state index in [2.05, 4.69) is 13.8 Å². The van der Waals surface area contributed by atoms with E-state index in [1.807, 2.05) is 0 Å². The number of hydrogen-bond acceptors (Lipinski definition) is 1. The first-order chi connectivity index (χ1) is 6.22. The molecular formula is C12H22O. The third kappa shape index (κ3) is 2.82. The van der Waals surface area contributed by atoms with Crippen LogP contribution in [0.15, 0.2) is 0 Å². The zero-order chi connectivity index (χ0) is 9.73. The van der Waals surface area contributed by atoms with Crippen molar-refractivity contribution in [2.75, 3.05) is 0 Å². The fourth-order valence-corrected chi connectivity index (χ4v) is 2.39. The second kappa shape index (κ2) is 4.78. The molecule has 13 heavy (non-hydrogen) atoms. The van der Waals surface area contributed by atoms with Gasteiger partial charge in [0.25, 0.3) is 0 Å². The molecule has 1 aliphatic rings. The van der Waals surface area contributed by atoms with Crippen molar-refractivity contribution >= 4 is 5.78 Å². The van der Waals surface area contributed by atoms with Crippen molar-refractivity contribution in [2.45, 2.75) is 65.2 Å². The number of ketones is 1. The van der Waals surface area contributed by atoms with E-state index in [0.29, 0.717) is 11.2 Å². The van der Waals surface area contributed by atoms with Gasteiger partial charge in [-0.2, -0.15) is 0 Å². The molecule has 0 aromatic carbocycles. The van der Waals surface area contributed by atoms with Crippen molar-refractivity contribution in [1.82, 2.24) is 0 Å². The molecule has 1 aliphatic carbocycles. The van der Waals surface area contributed by atoms with E-state index in [9.17, 15) is 4.79 Å². The van der Waals surface area contributed by atoms with E-state index in [0.717, 1.165) is 25.7 Å². The summed E-state index contributed by atoms with van der Waals surface area (Å²) in [5.74, 6) is 0.487. The molecule has 76 valence electrons. The molecule has 0 aromatic rings. The largest absolute Gasteiger partial charge is 0.300 e. The van der Waals surface area contributed by atoms with Gasteiger partial charge >= 0.3 is 0 Å². The van der Waals surface area contributed by atoms with E-state index in [1.54, 1.807) is 0 Å². The van der Waals surface area contributed by atoms with Gasteiger partial charge in [-0.15, -0.1) is 0 Å². The van der Waals surface area contributed by atoms with Gasteiger partial charge in [0.2, 0.25) is 0 Å². The zero-order valence-corrected chi connectivity index (χ0v) is 9.07. The maximum absolute atomic E-state index is 11.1. The maximum Gasteiger partial charge on any atom is 0.132 e. The lowest BCUT2D eigenvalue weighted by atomic mass is 9.69. The van der Waals surface area contributed by atoms with Crippen LogP contribution >= 0.6 is 0 Å². The third-order valence-electron chi connectivity index (χ3n) is 3.68. The van der Waals surface area contributed by atoms with Gasteiger partial charge in [0.05, 0.1) is 0 Å². The summed E-state index contributed by atoms with van der Waals surface area (Å²) in [4.78, 5) is 11.1. The van der Waals surface area contributed by atoms with Crippen LogP contribution in [-0.2, 0) is 4.79 Å². The minimum Gasteiger partial charge on any atom is -0.300 e. The molecule has 0 unspecified atom stereocenters. The highest BCUT2D eigenvalue weighted by Gasteiger charge is 2.31. The van der Waals surface area contributed by atoms with Gasteiger partial charge in [0.15, 0.2) is 0 Å². The molecule has 1 rings (SSSR count). The Labute approximate surface area is 81.9 Å². The quantitative estimate of drug-likeness (QED) is 0.647. The van der Waals surface area contributed by atoms with Crippen LogP contribution in [0, 0.1) is 5.41 Å². The summed E-state index contributed by atoms with van der Waals surface area (Å²) < 4.78 is 0. The first-order valence-corrected chi connectivity index (χ1v) is 5.74. The second-order valence-electron chi connectivity index (χ2n) is 4.50. The van der Waals surface area contributed by atoms with Gasteiger partial charge in [-0.1, -0.05) is 33.1 Å². The standard InChI is InChI=1S/C12H22O/c1-3-5-8-12(4-2)9-6-11(13)7-10-12/h3-10H2,1-2H3. The molecule has 0 aromatic heterocycles. The first-order valence-electron chi connectivity index (χ1n) is 5.74. The van der Waals surface area contributed by atoms with Crippen LogP contribution in [0.3, 0.4) is 0 Å². The van der Waals surface area contributed by atoms with Gasteiger partial charge in [-0.3, -0.25) is 4.79 Å². The smallest absolute Gasteiger partial charge is 0.132 e. The molecule has 0 aliphatic heterocycles. The van der Waals surface area contributed by atoms with Crippen molar-refractivity contribution in [3.8, 4) is 0 Å². The lowest BCUT2D eigenvalue weighted by molar-refractivity contribution is -0.122. The summed E-state index contributed by atoms with van der Waals surface area (Å²) in [5.41, 5.74) is 0.532. The molecule has 0 N–H and O–H groups in total. The van der Waals surface area contributed by atoms with Crippen molar-refractivity contribution in [3.05, 3.63) is 0 Å². The van der Waals surface area contributed by atoms with Gasteiger partial charge < -0.3 is 0 Å². The summed E-state index contributed by atoms with van der Waals surface area (Å²) in [6.07, 6.45) is 9.23. The highest BCUT2D eigenvalue weighted by Crippen LogP contribution is 2.42. The predicted octanol–water partition coefficient (Wildman–Crippen LogP) is 3.72. The molecule has 0 bridgehead atoms. The molecular weight excluding hydrogens is 160 g/mol. The van der Waals surface area contributed by atoms with E-state index < -0.39 is 0 Å². The predicted molar refractivity (Wildman–Crippen MR) is 55.7 cm³/mol. The minimum atomic E-state index is 0.487. The number of unbranched alkanes of at least 4 members (excludes halogenated alkanes) is 1. The van der Waals surface area contributed by atoms with Crippen LogP contribution in [0.25, 0.3) is 0 Å². The van der Waals surface area contributed by atoms with Gasteiger partial charge in [-0.25, -0.2) is 0 Å². The Morgan fingerprint density at radius 2 is 1.85 bits per heavy atom. The molecule has 0 saturated heterocycles. The molecule has 1 nitrogen and oxygen atoms in total. The minimum absolute atomic E-state index is 0.487. The summed E-state index contributed by atoms with van der Waals surface area (Å²) in [6, 6.07) is 0. The molecule has 0 atom stereocenters. The van der Waals surface area contributed by atoms with E-state index >= 15 is 0 Å². The third-order valence-corrected chi connectivity index (χ3v) is 3.68. The van der Waals surface area contributed by atoms with Crippen molar-refractivity contribution in [1.29, 1.82) is 0 Å². The number of carbonyl (C=O) groups excluding carboxylic acids is 1. The molecule has 0 radical (unpaired) electrons. The number of carbonyl (C=O) groups is 1. The topological polar surface area (TPSA) is 17.1 Å². The fourth-order valence-electron chi connectivity index (χ4n) is 2.39. The van der Waals surface area contributed by atoms with Crippen LogP contribution in [-0.4, -0.2) is 5.78 Å². The monoisotopic (exact) mass is 182 g/mol. The Morgan fingerprint density at radius 1 is 1.23 bits per heavy atom. The Kier molecular flexibility index (Phi) is 3.95. The highest BCUT2D eigenvalue weighted by atomic mass is 16.1. The van der Waals surface area contributed by atoms with Crippen LogP contribution in [0.1, 0.15) is 65.2 Å². The number of Topliss-reactive ketones (excluding diaryl/α,β-unsaturated/α-hetero) is 1. The van der Waals surface area contributed by atoms with Crippen LogP contribution < -0.4 is 0 Å². The van der Waals surface area contributed by atoms with Crippen molar-refractivity contribution < 1.29 is 4.79 Å². The highest BCUT2D eigenvalue weighted by molar-refractivity contribution is 5.79. The van der Waals surface area contributed by atoms with Crippen molar-refractivity contribution in [2.24, 2.45) is 5.41 Å². The Balaban J connectivity index is 2.44. The second-order valence-corrected chi connectivity index (χ2v) is 4.50. The number of hydrogen-bond donors (Lipinski definition) is 0. The van der Waals surface area contributed by atoms with Crippen molar-refractivity contribution in [3.63, 3.8) is 0 Å². The molecule has 1 saturated carbocycles. The summed E-state index contributed by atoms with van der Waals surface area (Å²) in [7, 11) is 0. The average Bonchev–Trinajstić information content (AvgIpc) is 2.18. The Bertz CT molecular complexity index is 162. The maximum atomic E-state index is 11.1. The van der Waals surface area contributed by atoms with Crippen LogP contribution in [0.2, 0.25) is 0 Å². The van der Waals surface area contributed by atoms with Gasteiger partial charge in [-0.05, 0) is 24.7 Å². The molecule has 0 amide bonds. The van der Waals surface area contributed by atoms with Gasteiger partial charge in [0.1, 0.15) is 5.78 Å². The van der Waals surface area contributed by atoms with Crippen LogP contribution in [0.5, 0.6) is 0 Å². The Morgan fingerprint density at radius 3 is 2.31 bits per heavy atom. The average molecular weight is 182 g/mol. The summed E-state index contributed by atoms with van der Waals surface area (Å²) in [6.45, 7) is 4.53. The SMILES string of the molecule is CCCCC1(CC)CCC(=O)CC1. The van der Waals surface area contributed by atoms with E-state index in [4.69, 9.17) is 0 Å². The summed E-state index contributed by atoms with van der Waals surface area (Å²) >= 11 is 0. The van der Waals surface area contributed by atoms with E-state index in [-0.39, 0.29) is 0 Å². The van der Waals surface area contributed by atoms with Crippen LogP contribution in [0.4, 0.5) is 0 Å². The molecule has 0 heterocycles. The zero-order valence-electron chi connectivity index (χ0n) is 9.07. The fraction of sp³-hybridized carbons (Fsp3) is 0.917. The summed E-state index contributed by atoms with van der Waals surface area (Å²) in [5, 5.41) is 0. The van der Waals surface area contributed by atoms with Gasteiger partial charge in [0, 0.05) is 12.8 Å². The molecule has 0 spiro atoms. The lowest BCUT2D eigenvalue weighted by Crippen LogP contribution is -2.26. The molecule has 1 heteroatoms. The Hall–Kier alpha value is -0.330. The van der Waals surface area contributed by atoms with E-state index in [1.165, 1.54) is 25.7 Å². The first kappa shape index (κ1) is 10.7. The number of rotatable bonds is 4. The normalized spacial score (nSPS) is 21.8. The lowest BCUT2D eigenvalue weighted by Gasteiger charge is -2.36.